The molecule has 106 valence electrons. The number of hydrogen-bond donors (Lipinski definition) is 1. The van der Waals surface area contributed by atoms with Crippen LogP contribution in [-0.2, 0) is 5.60 Å². The average molecular weight is 280 g/mol. The van der Waals surface area contributed by atoms with Gasteiger partial charge in [0, 0.05) is 17.8 Å². The van der Waals surface area contributed by atoms with E-state index in [9.17, 15) is 18.7 Å². The molecule has 0 aliphatic rings. The first kappa shape index (κ1) is 14.3. The number of halogens is 2. The number of benzene rings is 1. The van der Waals surface area contributed by atoms with Crippen LogP contribution in [0.5, 0.6) is 0 Å². The number of rotatable bonds is 2. The van der Waals surface area contributed by atoms with Gasteiger partial charge in [0.1, 0.15) is 11.3 Å². The maximum atomic E-state index is 13.3. The third kappa shape index (κ3) is 2.60. The normalized spacial score (nSPS) is 11.7. The predicted octanol–water partition coefficient (Wildman–Crippen LogP) is 2.05. The number of nitrogens with zero attached hydrogens (tertiary/aromatic N) is 2. The van der Waals surface area contributed by atoms with Crippen LogP contribution >= 0.6 is 0 Å². The molecule has 0 fully saturated rings. The molecule has 1 heterocycles. The molecule has 1 aromatic heterocycles. The van der Waals surface area contributed by atoms with E-state index in [4.69, 9.17) is 0 Å². The van der Waals surface area contributed by atoms with Crippen LogP contribution in [0.4, 0.5) is 8.78 Å². The standard InChI is InChI=1S/C14H14F2N2O2/c1-8-6-12(19)13(14(2,3)20)17-18(8)9-4-5-10(15)11(16)7-9/h4-7,20H,1-3H3. The largest absolute Gasteiger partial charge is 0.384 e. The molecule has 0 aliphatic carbocycles. The van der Waals surface area contributed by atoms with Gasteiger partial charge in [-0.1, -0.05) is 0 Å². The molecule has 2 rings (SSSR count). The lowest BCUT2D eigenvalue weighted by atomic mass is 10.0. The van der Waals surface area contributed by atoms with Crippen LogP contribution in [0.2, 0.25) is 0 Å². The number of hydrogen-bond acceptors (Lipinski definition) is 3. The Labute approximate surface area is 114 Å². The lowest BCUT2D eigenvalue weighted by Crippen LogP contribution is -2.30. The zero-order chi connectivity index (χ0) is 15.1. The minimum atomic E-state index is -1.43. The minimum Gasteiger partial charge on any atom is -0.384 e. The molecule has 20 heavy (non-hydrogen) atoms. The second-order valence-electron chi connectivity index (χ2n) is 5.07. The van der Waals surface area contributed by atoms with Crippen molar-refractivity contribution in [2.45, 2.75) is 26.4 Å². The second kappa shape index (κ2) is 4.79. The Morgan fingerprint density at radius 3 is 2.40 bits per heavy atom. The molecule has 0 aliphatic heterocycles. The zero-order valence-corrected chi connectivity index (χ0v) is 11.3. The van der Waals surface area contributed by atoms with Crippen LogP contribution in [0.25, 0.3) is 5.69 Å². The van der Waals surface area contributed by atoms with Gasteiger partial charge in [0.2, 0.25) is 5.43 Å². The summed E-state index contributed by atoms with van der Waals surface area (Å²) in [4.78, 5) is 11.8. The highest BCUT2D eigenvalue weighted by molar-refractivity contribution is 5.34. The molecule has 4 nitrogen and oxygen atoms in total. The van der Waals surface area contributed by atoms with Crippen LogP contribution in [0.1, 0.15) is 25.2 Å². The maximum absolute atomic E-state index is 13.3. The number of aliphatic hydroxyl groups is 1. The predicted molar refractivity (Wildman–Crippen MR) is 69.7 cm³/mol. The molecule has 0 saturated heterocycles. The van der Waals surface area contributed by atoms with E-state index in [1.165, 1.54) is 30.7 Å². The van der Waals surface area contributed by atoms with Gasteiger partial charge >= 0.3 is 0 Å². The molecule has 0 spiro atoms. The van der Waals surface area contributed by atoms with E-state index in [1.54, 1.807) is 6.92 Å². The Kier molecular flexibility index (Phi) is 3.43. The number of aromatic nitrogens is 2. The van der Waals surface area contributed by atoms with Crippen molar-refractivity contribution in [1.29, 1.82) is 0 Å². The molecule has 1 N–H and O–H groups in total. The molecular weight excluding hydrogens is 266 g/mol. The quantitative estimate of drug-likeness (QED) is 0.916. The molecule has 0 unspecified atom stereocenters. The number of aryl methyl sites for hydroxylation is 1. The summed E-state index contributed by atoms with van der Waals surface area (Å²) in [5.74, 6) is -1.97. The SMILES string of the molecule is Cc1cc(=O)c(C(C)(C)O)nn1-c1ccc(F)c(F)c1. The Hall–Kier alpha value is -2.08. The van der Waals surface area contributed by atoms with E-state index >= 15 is 0 Å². The molecule has 1 aromatic carbocycles. The highest BCUT2D eigenvalue weighted by Gasteiger charge is 2.23. The third-order valence-electron chi connectivity index (χ3n) is 2.83. The smallest absolute Gasteiger partial charge is 0.206 e. The van der Waals surface area contributed by atoms with Crippen LogP contribution in [0.15, 0.2) is 29.1 Å². The molecule has 0 radical (unpaired) electrons. The van der Waals surface area contributed by atoms with Gasteiger partial charge in [0.15, 0.2) is 11.6 Å². The fourth-order valence-electron chi connectivity index (χ4n) is 1.85. The molecule has 0 saturated carbocycles. The maximum Gasteiger partial charge on any atom is 0.206 e. The summed E-state index contributed by atoms with van der Waals surface area (Å²) < 4.78 is 27.5. The van der Waals surface area contributed by atoms with Crippen LogP contribution < -0.4 is 5.43 Å². The Bertz CT molecular complexity index is 718. The topological polar surface area (TPSA) is 55.1 Å². The zero-order valence-electron chi connectivity index (χ0n) is 11.3. The van der Waals surface area contributed by atoms with E-state index in [0.29, 0.717) is 5.69 Å². The highest BCUT2D eigenvalue weighted by Crippen LogP contribution is 2.17. The Morgan fingerprint density at radius 2 is 1.85 bits per heavy atom. The minimum absolute atomic E-state index is 0.0622. The summed E-state index contributed by atoms with van der Waals surface area (Å²) in [6.45, 7) is 4.48. The van der Waals surface area contributed by atoms with Gasteiger partial charge in [-0.25, -0.2) is 13.5 Å². The molecular formula is C14H14F2N2O2. The summed E-state index contributed by atoms with van der Waals surface area (Å²) in [7, 11) is 0. The molecule has 0 atom stereocenters. The van der Waals surface area contributed by atoms with E-state index in [2.05, 4.69) is 5.10 Å². The first-order chi connectivity index (χ1) is 9.20. The monoisotopic (exact) mass is 280 g/mol. The van der Waals surface area contributed by atoms with Crippen molar-refractivity contribution >= 4 is 0 Å². The molecule has 0 amide bonds. The van der Waals surface area contributed by atoms with Gasteiger partial charge in [-0.3, -0.25) is 4.79 Å². The second-order valence-corrected chi connectivity index (χ2v) is 5.07. The van der Waals surface area contributed by atoms with E-state index < -0.39 is 22.7 Å². The van der Waals surface area contributed by atoms with Crippen molar-refractivity contribution < 1.29 is 13.9 Å². The summed E-state index contributed by atoms with van der Waals surface area (Å²) in [6, 6.07) is 4.60. The molecule has 0 bridgehead atoms. The summed E-state index contributed by atoms with van der Waals surface area (Å²) in [5, 5.41) is 14.0. The van der Waals surface area contributed by atoms with E-state index in [1.807, 2.05) is 0 Å². The lowest BCUT2D eigenvalue weighted by molar-refractivity contribution is 0.0709. The molecule has 2 aromatic rings. The fraction of sp³-hybridized carbons (Fsp3) is 0.286. The third-order valence-corrected chi connectivity index (χ3v) is 2.83. The summed E-state index contributed by atoms with van der Waals surface area (Å²) in [6.07, 6.45) is 0. The highest BCUT2D eigenvalue weighted by atomic mass is 19.2. The van der Waals surface area contributed by atoms with Crippen molar-refractivity contribution in [1.82, 2.24) is 9.78 Å². The summed E-state index contributed by atoms with van der Waals surface area (Å²) >= 11 is 0. The van der Waals surface area contributed by atoms with Crippen molar-refractivity contribution in [3.63, 3.8) is 0 Å². The Balaban J connectivity index is 2.68. The van der Waals surface area contributed by atoms with E-state index in [-0.39, 0.29) is 11.4 Å². The van der Waals surface area contributed by atoms with Crippen molar-refractivity contribution in [2.24, 2.45) is 0 Å². The average Bonchev–Trinajstić information content (AvgIpc) is 2.31. The van der Waals surface area contributed by atoms with Crippen molar-refractivity contribution in [2.75, 3.05) is 0 Å². The van der Waals surface area contributed by atoms with Crippen molar-refractivity contribution in [3.8, 4) is 5.69 Å². The first-order valence-electron chi connectivity index (χ1n) is 5.99. The van der Waals surface area contributed by atoms with E-state index in [0.717, 1.165) is 12.1 Å². The summed E-state index contributed by atoms with van der Waals surface area (Å²) in [5.41, 5.74) is -1.17. The van der Waals surface area contributed by atoms with Crippen LogP contribution in [0, 0.1) is 18.6 Å². The van der Waals surface area contributed by atoms with Gasteiger partial charge in [0.05, 0.1) is 5.69 Å². The Morgan fingerprint density at radius 1 is 1.20 bits per heavy atom. The van der Waals surface area contributed by atoms with Gasteiger partial charge in [-0.15, -0.1) is 0 Å². The van der Waals surface area contributed by atoms with Crippen LogP contribution in [0.3, 0.4) is 0 Å². The van der Waals surface area contributed by atoms with Gasteiger partial charge in [-0.05, 0) is 32.9 Å². The van der Waals surface area contributed by atoms with Gasteiger partial charge in [-0.2, -0.15) is 5.10 Å². The lowest BCUT2D eigenvalue weighted by Gasteiger charge is -2.18. The van der Waals surface area contributed by atoms with Crippen LogP contribution in [-0.4, -0.2) is 14.9 Å². The molecule has 6 heteroatoms. The van der Waals surface area contributed by atoms with Gasteiger partial charge < -0.3 is 5.11 Å². The van der Waals surface area contributed by atoms with Crippen molar-refractivity contribution in [3.05, 3.63) is 57.5 Å². The fourth-order valence-corrected chi connectivity index (χ4v) is 1.85. The van der Waals surface area contributed by atoms with Gasteiger partial charge in [0.25, 0.3) is 0 Å². The first-order valence-corrected chi connectivity index (χ1v) is 5.99.